The maximum atomic E-state index is 13.2. The van der Waals surface area contributed by atoms with Gasteiger partial charge in [0.25, 0.3) is 0 Å². The molecule has 2 aliphatic heterocycles. The van der Waals surface area contributed by atoms with Crippen LogP contribution in [0.1, 0.15) is 19.4 Å². The SMILES string of the molecule is COc1ccc(NC(=O)CN2C(=O)C(C)(C)c3cc(S(=O)(=O)N4CCOCC4)ccc32)cc1. The number of benzene rings is 2. The molecule has 0 atom stereocenters. The average Bonchev–Trinajstić information content (AvgIpc) is 3.00. The van der Waals surface area contributed by atoms with E-state index in [1.54, 1.807) is 57.4 Å². The summed E-state index contributed by atoms with van der Waals surface area (Å²) in [4.78, 5) is 27.4. The molecule has 1 fully saturated rings. The van der Waals surface area contributed by atoms with Crippen molar-refractivity contribution in [2.24, 2.45) is 0 Å². The van der Waals surface area contributed by atoms with Crippen molar-refractivity contribution in [3.8, 4) is 5.75 Å². The Bertz CT molecular complexity index is 1170. The molecule has 2 aromatic carbocycles. The van der Waals surface area contributed by atoms with Crippen LogP contribution in [0.15, 0.2) is 47.4 Å². The molecular weight excluding hydrogens is 446 g/mol. The predicted octanol–water partition coefficient (Wildman–Crippen LogP) is 1.98. The van der Waals surface area contributed by atoms with Gasteiger partial charge in [-0.05, 0) is 61.9 Å². The van der Waals surface area contributed by atoms with E-state index in [4.69, 9.17) is 9.47 Å². The van der Waals surface area contributed by atoms with Gasteiger partial charge < -0.3 is 19.7 Å². The number of nitrogens with one attached hydrogen (secondary N) is 1. The highest BCUT2D eigenvalue weighted by atomic mass is 32.2. The summed E-state index contributed by atoms with van der Waals surface area (Å²) in [6.45, 7) is 4.58. The molecule has 0 aromatic heterocycles. The molecule has 0 saturated carbocycles. The zero-order valence-corrected chi connectivity index (χ0v) is 19.6. The average molecular weight is 474 g/mol. The predicted molar refractivity (Wildman–Crippen MR) is 123 cm³/mol. The second-order valence-corrected chi connectivity index (χ2v) is 10.4. The van der Waals surface area contributed by atoms with Gasteiger partial charge in [-0.2, -0.15) is 4.31 Å². The molecule has 2 heterocycles. The minimum absolute atomic E-state index is 0.133. The fraction of sp³-hybridized carbons (Fsp3) is 0.391. The maximum absolute atomic E-state index is 13.2. The number of hydrogen-bond donors (Lipinski definition) is 1. The summed E-state index contributed by atoms with van der Waals surface area (Å²) in [5.74, 6) is 0.0479. The third-order valence-corrected chi connectivity index (χ3v) is 7.89. The van der Waals surface area contributed by atoms with E-state index in [9.17, 15) is 18.0 Å². The molecule has 0 aliphatic carbocycles. The summed E-state index contributed by atoms with van der Waals surface area (Å²) in [6.07, 6.45) is 0. The van der Waals surface area contributed by atoms with Gasteiger partial charge >= 0.3 is 0 Å². The highest BCUT2D eigenvalue weighted by molar-refractivity contribution is 7.89. The molecule has 2 amide bonds. The van der Waals surface area contributed by atoms with Crippen LogP contribution in [0, 0.1) is 0 Å². The molecule has 1 saturated heterocycles. The van der Waals surface area contributed by atoms with Gasteiger partial charge in [-0.15, -0.1) is 0 Å². The third kappa shape index (κ3) is 4.33. The van der Waals surface area contributed by atoms with Gasteiger partial charge in [0.05, 0.1) is 30.6 Å². The fourth-order valence-electron chi connectivity index (χ4n) is 4.09. The molecule has 0 radical (unpaired) electrons. The Morgan fingerprint density at radius 2 is 1.79 bits per heavy atom. The van der Waals surface area contributed by atoms with Crippen molar-refractivity contribution in [2.75, 3.05) is 50.2 Å². The second-order valence-electron chi connectivity index (χ2n) is 8.49. The lowest BCUT2D eigenvalue weighted by atomic mass is 9.86. The van der Waals surface area contributed by atoms with Crippen molar-refractivity contribution in [3.05, 3.63) is 48.0 Å². The standard InChI is InChI=1S/C23H27N3O6S/c1-23(2)19-14-18(33(29,30)25-10-12-32-13-11-25)8-9-20(19)26(22(23)28)15-21(27)24-16-4-6-17(31-3)7-5-16/h4-9,14H,10-13,15H2,1-3H3,(H,24,27). The Labute approximate surface area is 193 Å². The van der Waals surface area contributed by atoms with Crippen LogP contribution in [0.25, 0.3) is 0 Å². The van der Waals surface area contributed by atoms with Gasteiger partial charge in [0, 0.05) is 24.5 Å². The van der Waals surface area contributed by atoms with Crippen LogP contribution < -0.4 is 15.0 Å². The largest absolute Gasteiger partial charge is 0.497 e. The van der Waals surface area contributed by atoms with Crippen molar-refractivity contribution >= 4 is 33.2 Å². The zero-order valence-electron chi connectivity index (χ0n) is 18.8. The summed E-state index contributed by atoms with van der Waals surface area (Å²) < 4.78 is 37.9. The molecule has 176 valence electrons. The molecule has 0 bridgehead atoms. The summed E-state index contributed by atoms with van der Waals surface area (Å²) >= 11 is 0. The molecule has 1 N–H and O–H groups in total. The number of nitrogens with zero attached hydrogens (tertiary/aromatic N) is 2. The van der Waals surface area contributed by atoms with Gasteiger partial charge in [0.2, 0.25) is 21.8 Å². The molecule has 10 heteroatoms. The number of anilines is 2. The van der Waals surface area contributed by atoms with Crippen molar-refractivity contribution in [2.45, 2.75) is 24.2 Å². The van der Waals surface area contributed by atoms with E-state index in [0.29, 0.717) is 49.0 Å². The zero-order chi connectivity index (χ0) is 23.8. The molecule has 9 nitrogen and oxygen atoms in total. The summed E-state index contributed by atoms with van der Waals surface area (Å²) in [6, 6.07) is 11.5. The number of carbonyl (C=O) groups is 2. The number of ether oxygens (including phenoxy) is 2. The van der Waals surface area contributed by atoms with Crippen molar-refractivity contribution < 1.29 is 27.5 Å². The van der Waals surface area contributed by atoms with E-state index >= 15 is 0 Å². The lowest BCUT2D eigenvalue weighted by molar-refractivity contribution is -0.124. The number of amides is 2. The number of fused-ring (bicyclic) bond motifs is 1. The summed E-state index contributed by atoms with van der Waals surface area (Å²) in [7, 11) is -2.15. The number of carbonyl (C=O) groups excluding carboxylic acids is 2. The molecular formula is C23H27N3O6S. The molecule has 2 aliphatic rings. The van der Waals surface area contributed by atoms with Gasteiger partial charge in [-0.3, -0.25) is 9.59 Å². The maximum Gasteiger partial charge on any atom is 0.244 e. The Kier molecular flexibility index (Phi) is 6.17. The first kappa shape index (κ1) is 23.2. The van der Waals surface area contributed by atoms with Crippen LogP contribution in [-0.4, -0.2) is 64.5 Å². The van der Waals surface area contributed by atoms with Gasteiger partial charge in [-0.25, -0.2) is 8.42 Å². The van der Waals surface area contributed by atoms with Crippen LogP contribution in [0.3, 0.4) is 0 Å². The number of sulfonamides is 1. The second kappa shape index (κ2) is 8.77. The summed E-state index contributed by atoms with van der Waals surface area (Å²) in [5.41, 5.74) is 0.737. The Hall–Kier alpha value is -2.95. The van der Waals surface area contributed by atoms with E-state index in [1.807, 2.05) is 0 Å². The molecule has 4 rings (SSSR count). The first-order valence-electron chi connectivity index (χ1n) is 10.6. The quantitative estimate of drug-likeness (QED) is 0.688. The smallest absolute Gasteiger partial charge is 0.244 e. The molecule has 0 spiro atoms. The number of methoxy groups -OCH3 is 1. The number of morpholine rings is 1. The lowest BCUT2D eigenvalue weighted by Crippen LogP contribution is -2.41. The molecule has 0 unspecified atom stereocenters. The number of rotatable bonds is 6. The van der Waals surface area contributed by atoms with Crippen LogP contribution in [0.5, 0.6) is 5.75 Å². The van der Waals surface area contributed by atoms with E-state index in [0.717, 1.165) is 0 Å². The topological polar surface area (TPSA) is 105 Å². The highest BCUT2D eigenvalue weighted by Crippen LogP contribution is 2.42. The molecule has 2 aromatic rings. The van der Waals surface area contributed by atoms with Crippen molar-refractivity contribution in [1.29, 1.82) is 0 Å². The van der Waals surface area contributed by atoms with E-state index in [-0.39, 0.29) is 23.3 Å². The van der Waals surface area contributed by atoms with Gasteiger partial charge in [0.1, 0.15) is 12.3 Å². The summed E-state index contributed by atoms with van der Waals surface area (Å²) in [5, 5.41) is 2.77. The minimum Gasteiger partial charge on any atom is -0.497 e. The van der Waals surface area contributed by atoms with Crippen molar-refractivity contribution in [1.82, 2.24) is 4.31 Å². The normalized spacial score (nSPS) is 18.2. The van der Waals surface area contributed by atoms with E-state index in [2.05, 4.69) is 5.32 Å². The van der Waals surface area contributed by atoms with E-state index < -0.39 is 15.4 Å². The van der Waals surface area contributed by atoms with Gasteiger partial charge in [0.15, 0.2) is 0 Å². The highest BCUT2D eigenvalue weighted by Gasteiger charge is 2.45. The first-order chi connectivity index (χ1) is 15.6. The van der Waals surface area contributed by atoms with Gasteiger partial charge in [-0.1, -0.05) is 0 Å². The van der Waals surface area contributed by atoms with Crippen LogP contribution in [0.4, 0.5) is 11.4 Å². The number of hydrogen-bond acceptors (Lipinski definition) is 6. The fourth-order valence-corrected chi connectivity index (χ4v) is 5.52. The Morgan fingerprint density at radius 3 is 2.42 bits per heavy atom. The Balaban J connectivity index is 1.57. The first-order valence-corrected chi connectivity index (χ1v) is 12.1. The van der Waals surface area contributed by atoms with Crippen LogP contribution >= 0.6 is 0 Å². The van der Waals surface area contributed by atoms with Crippen LogP contribution in [0.2, 0.25) is 0 Å². The lowest BCUT2D eigenvalue weighted by Gasteiger charge is -2.26. The monoisotopic (exact) mass is 473 g/mol. The van der Waals surface area contributed by atoms with Crippen LogP contribution in [-0.2, 0) is 29.8 Å². The third-order valence-electron chi connectivity index (χ3n) is 6.00. The van der Waals surface area contributed by atoms with E-state index in [1.165, 1.54) is 15.3 Å². The Morgan fingerprint density at radius 1 is 1.12 bits per heavy atom. The van der Waals surface area contributed by atoms with Crippen molar-refractivity contribution in [3.63, 3.8) is 0 Å². The molecule has 33 heavy (non-hydrogen) atoms. The minimum atomic E-state index is -3.70.